The molecule has 2 rings (SSSR count). The van der Waals surface area contributed by atoms with Crippen LogP contribution >= 0.6 is 11.8 Å². The van der Waals surface area contributed by atoms with Gasteiger partial charge >= 0.3 is 0 Å². The van der Waals surface area contributed by atoms with Gasteiger partial charge in [0.15, 0.2) is 0 Å². The van der Waals surface area contributed by atoms with Crippen molar-refractivity contribution in [2.45, 2.75) is 18.4 Å². The molecule has 1 heterocycles. The number of aryl methyl sites for hydroxylation is 1. The number of carbonyl (C=O) groups excluding carboxylic acids is 1. The van der Waals surface area contributed by atoms with Crippen molar-refractivity contribution in [3.05, 3.63) is 48.2 Å². The number of benzene rings is 1. The van der Waals surface area contributed by atoms with Gasteiger partial charge in [-0.2, -0.15) is 0 Å². The van der Waals surface area contributed by atoms with Gasteiger partial charge in [-0.3, -0.25) is 4.79 Å². The van der Waals surface area contributed by atoms with Crippen molar-refractivity contribution in [3.8, 4) is 0 Å². The second-order valence-corrected chi connectivity index (χ2v) is 5.31. The highest BCUT2D eigenvalue weighted by molar-refractivity contribution is 7.99. The van der Waals surface area contributed by atoms with Crippen LogP contribution in [-0.4, -0.2) is 16.6 Å². The molecule has 0 bridgehead atoms. The van der Waals surface area contributed by atoms with Crippen molar-refractivity contribution in [3.63, 3.8) is 0 Å². The number of hydrogen-bond acceptors (Lipinski definition) is 4. The molecule has 1 aromatic carbocycles. The molecule has 20 heavy (non-hydrogen) atoms. The maximum absolute atomic E-state index is 11.8. The predicted molar refractivity (Wildman–Crippen MR) is 83.8 cm³/mol. The molecule has 0 aliphatic carbocycles. The number of nitrogens with two attached hydrogens (primary N) is 1. The van der Waals surface area contributed by atoms with Crippen LogP contribution in [0.4, 0.5) is 11.4 Å². The van der Waals surface area contributed by atoms with E-state index in [0.717, 1.165) is 17.1 Å². The quantitative estimate of drug-likeness (QED) is 0.830. The molecule has 3 N–H and O–H groups in total. The van der Waals surface area contributed by atoms with E-state index in [-0.39, 0.29) is 5.91 Å². The van der Waals surface area contributed by atoms with Gasteiger partial charge in [0.05, 0.1) is 22.7 Å². The Bertz CT molecular complexity index is 567. The lowest BCUT2D eigenvalue weighted by molar-refractivity contribution is -0.113. The first-order valence-corrected chi connectivity index (χ1v) is 7.39. The fourth-order valence-electron chi connectivity index (χ4n) is 1.64. The van der Waals surface area contributed by atoms with Crippen LogP contribution in [0.15, 0.2) is 47.6 Å². The zero-order valence-electron chi connectivity index (χ0n) is 11.3. The van der Waals surface area contributed by atoms with Crippen LogP contribution in [0, 0.1) is 0 Å². The van der Waals surface area contributed by atoms with E-state index in [9.17, 15) is 4.79 Å². The molecule has 5 heteroatoms. The zero-order valence-corrected chi connectivity index (χ0v) is 12.1. The van der Waals surface area contributed by atoms with Crippen molar-refractivity contribution < 1.29 is 4.79 Å². The second kappa shape index (κ2) is 6.96. The van der Waals surface area contributed by atoms with E-state index in [4.69, 9.17) is 5.73 Å². The molecule has 0 saturated carbocycles. The number of hydrogen-bond donors (Lipinski definition) is 2. The molecular formula is C15H17N3OS. The molecule has 0 saturated heterocycles. The summed E-state index contributed by atoms with van der Waals surface area (Å²) >= 11 is 1.39. The molecule has 0 radical (unpaired) electrons. The minimum absolute atomic E-state index is 0.0436. The van der Waals surface area contributed by atoms with Gasteiger partial charge in [-0.15, -0.1) is 0 Å². The lowest BCUT2D eigenvalue weighted by Crippen LogP contribution is -2.14. The summed E-state index contributed by atoms with van der Waals surface area (Å²) in [5, 5.41) is 3.65. The van der Waals surface area contributed by atoms with Crippen LogP contribution in [0.3, 0.4) is 0 Å². The standard InChI is InChI=1S/C15H17N3OS/c1-2-11-3-6-13(7-4-11)18-14(19)10-20-15-8-5-12(16)9-17-15/h3-9H,2,10,16H2,1H3,(H,18,19). The summed E-state index contributed by atoms with van der Waals surface area (Å²) in [5.74, 6) is 0.282. The number of nitrogen functional groups attached to an aromatic ring is 1. The lowest BCUT2D eigenvalue weighted by atomic mass is 10.1. The van der Waals surface area contributed by atoms with Crippen molar-refractivity contribution in [1.29, 1.82) is 0 Å². The van der Waals surface area contributed by atoms with E-state index >= 15 is 0 Å². The maximum Gasteiger partial charge on any atom is 0.234 e. The summed E-state index contributed by atoms with van der Waals surface area (Å²) in [7, 11) is 0. The van der Waals surface area contributed by atoms with Gasteiger partial charge in [-0.25, -0.2) is 4.98 Å². The van der Waals surface area contributed by atoms with Gasteiger partial charge < -0.3 is 11.1 Å². The number of aromatic nitrogens is 1. The third-order valence-corrected chi connectivity index (χ3v) is 3.70. The van der Waals surface area contributed by atoms with Crippen molar-refractivity contribution in [2.24, 2.45) is 0 Å². The van der Waals surface area contributed by atoms with Crippen molar-refractivity contribution in [2.75, 3.05) is 16.8 Å². The maximum atomic E-state index is 11.8. The minimum Gasteiger partial charge on any atom is -0.397 e. The summed E-state index contributed by atoms with van der Waals surface area (Å²) in [4.78, 5) is 16.0. The lowest BCUT2D eigenvalue weighted by Gasteiger charge is -2.06. The van der Waals surface area contributed by atoms with Crippen molar-refractivity contribution in [1.82, 2.24) is 4.98 Å². The van der Waals surface area contributed by atoms with E-state index in [1.165, 1.54) is 17.3 Å². The van der Waals surface area contributed by atoms with Crippen molar-refractivity contribution >= 4 is 29.0 Å². The molecule has 2 aromatic rings. The third kappa shape index (κ3) is 4.28. The van der Waals surface area contributed by atoms with Gasteiger partial charge in [-0.1, -0.05) is 30.8 Å². The van der Waals surface area contributed by atoms with E-state index < -0.39 is 0 Å². The highest BCUT2D eigenvalue weighted by Crippen LogP contribution is 2.17. The second-order valence-electron chi connectivity index (χ2n) is 4.32. The topological polar surface area (TPSA) is 68.0 Å². The number of carbonyl (C=O) groups is 1. The Morgan fingerprint density at radius 2 is 2.00 bits per heavy atom. The van der Waals surface area contributed by atoms with Gasteiger partial charge in [0.25, 0.3) is 0 Å². The molecule has 1 amide bonds. The van der Waals surface area contributed by atoms with Gasteiger partial charge in [-0.05, 0) is 36.2 Å². The Balaban J connectivity index is 1.84. The first kappa shape index (κ1) is 14.4. The molecule has 1 aromatic heterocycles. The number of anilines is 2. The van der Waals surface area contributed by atoms with Crippen LogP contribution in [-0.2, 0) is 11.2 Å². The third-order valence-electron chi connectivity index (χ3n) is 2.76. The molecule has 0 aliphatic heterocycles. The first-order chi connectivity index (χ1) is 9.67. The van der Waals surface area contributed by atoms with E-state index in [2.05, 4.69) is 17.2 Å². The summed E-state index contributed by atoms with van der Waals surface area (Å²) < 4.78 is 0. The van der Waals surface area contributed by atoms with E-state index in [1.54, 1.807) is 12.3 Å². The number of nitrogens with zero attached hydrogens (tertiary/aromatic N) is 1. The molecule has 104 valence electrons. The van der Waals surface area contributed by atoms with Crippen LogP contribution in [0.25, 0.3) is 0 Å². The summed E-state index contributed by atoms with van der Waals surface area (Å²) in [5.41, 5.74) is 8.25. The minimum atomic E-state index is -0.0436. The first-order valence-electron chi connectivity index (χ1n) is 6.40. The highest BCUT2D eigenvalue weighted by Gasteiger charge is 2.04. The Labute approximate surface area is 122 Å². The average Bonchev–Trinajstić information content (AvgIpc) is 2.47. The van der Waals surface area contributed by atoms with E-state index in [0.29, 0.717) is 11.4 Å². The smallest absolute Gasteiger partial charge is 0.234 e. The highest BCUT2D eigenvalue weighted by atomic mass is 32.2. The Kier molecular flexibility index (Phi) is 5.01. The molecule has 0 unspecified atom stereocenters. The SMILES string of the molecule is CCc1ccc(NC(=O)CSc2ccc(N)cn2)cc1. The number of nitrogens with one attached hydrogen (secondary N) is 1. The van der Waals surface area contributed by atoms with Gasteiger partial charge in [0, 0.05) is 5.69 Å². The number of thioether (sulfide) groups is 1. The molecule has 0 aliphatic rings. The predicted octanol–water partition coefficient (Wildman–Crippen LogP) is 2.96. The summed E-state index contributed by atoms with van der Waals surface area (Å²) in [6, 6.07) is 11.5. The molecule has 0 atom stereocenters. The van der Waals surface area contributed by atoms with Gasteiger partial charge in [0.1, 0.15) is 0 Å². The largest absolute Gasteiger partial charge is 0.397 e. The summed E-state index contributed by atoms with van der Waals surface area (Å²) in [6.45, 7) is 2.10. The Morgan fingerprint density at radius 3 is 2.60 bits per heavy atom. The molecule has 0 fully saturated rings. The van der Waals surface area contributed by atoms with Crippen LogP contribution in [0.2, 0.25) is 0 Å². The molecule has 0 spiro atoms. The fraction of sp³-hybridized carbons (Fsp3) is 0.200. The van der Waals surface area contributed by atoms with E-state index in [1.807, 2.05) is 30.3 Å². The number of rotatable bonds is 5. The number of amides is 1. The average molecular weight is 287 g/mol. The normalized spacial score (nSPS) is 10.2. The zero-order chi connectivity index (χ0) is 14.4. The van der Waals surface area contributed by atoms with Gasteiger partial charge in [0.2, 0.25) is 5.91 Å². The molecular weight excluding hydrogens is 270 g/mol. The summed E-state index contributed by atoms with van der Waals surface area (Å²) in [6.07, 6.45) is 2.58. The Morgan fingerprint density at radius 1 is 1.25 bits per heavy atom. The fourth-order valence-corrected chi connectivity index (χ4v) is 2.28. The van der Waals surface area contributed by atoms with Crippen LogP contribution in [0.5, 0.6) is 0 Å². The van der Waals surface area contributed by atoms with Crippen LogP contribution < -0.4 is 11.1 Å². The number of pyridine rings is 1. The van der Waals surface area contributed by atoms with Crippen LogP contribution in [0.1, 0.15) is 12.5 Å². The molecule has 4 nitrogen and oxygen atoms in total. The monoisotopic (exact) mass is 287 g/mol. The Hall–Kier alpha value is -2.01.